The maximum absolute atomic E-state index is 6.29. The summed E-state index contributed by atoms with van der Waals surface area (Å²) >= 11 is 0. The second kappa shape index (κ2) is 7.15. The van der Waals surface area contributed by atoms with E-state index in [1.54, 1.807) is 0 Å². The van der Waals surface area contributed by atoms with Gasteiger partial charge < -0.3 is 15.8 Å². The SMILES string of the molecule is Cc1ccc2c(Nc3ncnc(OC4CCCCC4)c3N)cccc2n1. The van der Waals surface area contributed by atoms with E-state index in [4.69, 9.17) is 10.5 Å². The number of nitrogens with one attached hydrogen (secondary N) is 1. The number of hydrogen-bond donors (Lipinski definition) is 2. The summed E-state index contributed by atoms with van der Waals surface area (Å²) in [5.41, 5.74) is 9.55. The lowest BCUT2D eigenvalue weighted by atomic mass is 9.98. The summed E-state index contributed by atoms with van der Waals surface area (Å²) in [5, 5.41) is 4.34. The lowest BCUT2D eigenvalue weighted by Gasteiger charge is -2.23. The molecule has 0 atom stereocenters. The predicted molar refractivity (Wildman–Crippen MR) is 104 cm³/mol. The summed E-state index contributed by atoms with van der Waals surface area (Å²) in [7, 11) is 0. The standard InChI is InChI=1S/C20H23N5O/c1-13-10-11-15-16(24-13)8-5-9-17(15)25-19-18(21)20(23-12-22-19)26-14-6-3-2-4-7-14/h5,8-12,14H,2-4,6-7,21H2,1H3,(H,22,23,25). The monoisotopic (exact) mass is 349 g/mol. The van der Waals surface area contributed by atoms with Gasteiger partial charge in [0.25, 0.3) is 0 Å². The number of nitrogens with two attached hydrogens (primary N) is 1. The number of ether oxygens (including phenoxy) is 1. The van der Waals surface area contributed by atoms with Crippen molar-refractivity contribution in [2.24, 2.45) is 0 Å². The molecule has 0 amide bonds. The van der Waals surface area contributed by atoms with E-state index in [-0.39, 0.29) is 6.10 Å². The third kappa shape index (κ3) is 3.40. The number of hydrogen-bond acceptors (Lipinski definition) is 6. The van der Waals surface area contributed by atoms with Crippen LogP contribution in [0.1, 0.15) is 37.8 Å². The smallest absolute Gasteiger partial charge is 0.242 e. The first kappa shape index (κ1) is 16.6. The van der Waals surface area contributed by atoms with Gasteiger partial charge in [-0.2, -0.15) is 4.98 Å². The number of nitrogens with zero attached hydrogens (tertiary/aromatic N) is 3. The van der Waals surface area contributed by atoms with E-state index in [1.165, 1.54) is 25.6 Å². The Morgan fingerprint density at radius 2 is 1.92 bits per heavy atom. The third-order valence-corrected chi connectivity index (χ3v) is 4.80. The van der Waals surface area contributed by atoms with E-state index in [1.807, 2.05) is 31.2 Å². The first-order valence-electron chi connectivity index (χ1n) is 9.11. The van der Waals surface area contributed by atoms with Crippen molar-refractivity contribution in [2.75, 3.05) is 11.1 Å². The second-order valence-electron chi connectivity index (χ2n) is 6.77. The number of fused-ring (bicyclic) bond motifs is 1. The summed E-state index contributed by atoms with van der Waals surface area (Å²) in [6.45, 7) is 1.98. The molecule has 4 rings (SSSR count). The van der Waals surface area contributed by atoms with Crippen LogP contribution >= 0.6 is 0 Å². The van der Waals surface area contributed by atoms with Crippen molar-refractivity contribution in [3.63, 3.8) is 0 Å². The fourth-order valence-electron chi connectivity index (χ4n) is 3.41. The van der Waals surface area contributed by atoms with Gasteiger partial charge in [0.2, 0.25) is 5.88 Å². The highest BCUT2D eigenvalue weighted by atomic mass is 16.5. The normalized spacial score (nSPS) is 15.1. The van der Waals surface area contributed by atoms with E-state index < -0.39 is 0 Å². The Kier molecular flexibility index (Phi) is 4.56. The van der Waals surface area contributed by atoms with Crippen LogP contribution in [0.2, 0.25) is 0 Å². The molecule has 0 unspecified atom stereocenters. The number of aryl methyl sites for hydroxylation is 1. The molecule has 3 aromatic rings. The van der Waals surface area contributed by atoms with Gasteiger partial charge in [-0.3, -0.25) is 4.98 Å². The zero-order valence-corrected chi connectivity index (χ0v) is 14.9. The van der Waals surface area contributed by atoms with Crippen molar-refractivity contribution in [1.29, 1.82) is 0 Å². The molecule has 0 radical (unpaired) electrons. The van der Waals surface area contributed by atoms with Crippen LogP contribution in [0.4, 0.5) is 17.2 Å². The van der Waals surface area contributed by atoms with Gasteiger partial charge in [-0.15, -0.1) is 0 Å². The van der Waals surface area contributed by atoms with Gasteiger partial charge in [-0.1, -0.05) is 12.5 Å². The fraction of sp³-hybridized carbons (Fsp3) is 0.350. The first-order valence-corrected chi connectivity index (χ1v) is 9.11. The van der Waals surface area contributed by atoms with Gasteiger partial charge in [-0.25, -0.2) is 4.98 Å². The molecule has 0 spiro atoms. The van der Waals surface area contributed by atoms with E-state index in [9.17, 15) is 0 Å². The van der Waals surface area contributed by atoms with Crippen molar-refractivity contribution < 1.29 is 4.74 Å². The van der Waals surface area contributed by atoms with Crippen molar-refractivity contribution in [3.8, 4) is 5.88 Å². The van der Waals surface area contributed by atoms with Gasteiger partial charge in [0.15, 0.2) is 5.82 Å². The van der Waals surface area contributed by atoms with Crippen molar-refractivity contribution in [3.05, 3.63) is 42.4 Å². The Hall–Kier alpha value is -2.89. The van der Waals surface area contributed by atoms with Gasteiger partial charge in [0, 0.05) is 16.8 Å². The average molecular weight is 349 g/mol. The van der Waals surface area contributed by atoms with Crippen molar-refractivity contribution >= 4 is 28.1 Å². The molecule has 6 nitrogen and oxygen atoms in total. The lowest BCUT2D eigenvalue weighted by Crippen LogP contribution is -2.21. The van der Waals surface area contributed by atoms with E-state index in [0.29, 0.717) is 17.4 Å². The van der Waals surface area contributed by atoms with Gasteiger partial charge >= 0.3 is 0 Å². The second-order valence-corrected chi connectivity index (χ2v) is 6.77. The summed E-state index contributed by atoms with van der Waals surface area (Å²) in [6.07, 6.45) is 7.47. The molecule has 26 heavy (non-hydrogen) atoms. The molecule has 134 valence electrons. The predicted octanol–water partition coefficient (Wildman–Crippen LogP) is 4.37. The molecule has 1 aliphatic carbocycles. The highest BCUT2D eigenvalue weighted by Crippen LogP contribution is 2.32. The molecule has 1 aliphatic rings. The maximum Gasteiger partial charge on any atom is 0.242 e. The van der Waals surface area contributed by atoms with Crippen LogP contribution in [-0.2, 0) is 0 Å². The van der Waals surface area contributed by atoms with Gasteiger partial charge in [0.1, 0.15) is 18.1 Å². The zero-order valence-electron chi connectivity index (χ0n) is 14.9. The van der Waals surface area contributed by atoms with Gasteiger partial charge in [-0.05, 0) is 56.9 Å². The molecule has 2 aromatic heterocycles. The molecule has 1 aromatic carbocycles. The minimum atomic E-state index is 0.193. The summed E-state index contributed by atoms with van der Waals surface area (Å²) in [5.74, 6) is 1.02. The van der Waals surface area contributed by atoms with Crippen LogP contribution in [0.3, 0.4) is 0 Å². The molecule has 0 bridgehead atoms. The minimum absolute atomic E-state index is 0.193. The van der Waals surface area contributed by atoms with E-state index in [2.05, 4.69) is 26.3 Å². The molecular weight excluding hydrogens is 326 g/mol. The molecular formula is C20H23N5O. The molecule has 3 N–H and O–H groups in total. The minimum Gasteiger partial charge on any atom is -0.473 e. The van der Waals surface area contributed by atoms with Crippen LogP contribution < -0.4 is 15.8 Å². The van der Waals surface area contributed by atoms with Crippen LogP contribution in [0.25, 0.3) is 10.9 Å². The summed E-state index contributed by atoms with van der Waals surface area (Å²) in [6, 6.07) is 10.00. The Balaban J connectivity index is 1.61. The van der Waals surface area contributed by atoms with E-state index >= 15 is 0 Å². The number of aromatic nitrogens is 3. The number of benzene rings is 1. The molecule has 0 saturated heterocycles. The maximum atomic E-state index is 6.29. The quantitative estimate of drug-likeness (QED) is 0.727. The first-order chi connectivity index (χ1) is 12.7. The summed E-state index contributed by atoms with van der Waals surface area (Å²) < 4.78 is 6.04. The largest absolute Gasteiger partial charge is 0.473 e. The molecule has 1 saturated carbocycles. The lowest BCUT2D eigenvalue weighted by molar-refractivity contribution is 0.149. The molecule has 6 heteroatoms. The number of nitrogen functional groups attached to an aromatic ring is 1. The molecule has 0 aliphatic heterocycles. The number of pyridine rings is 1. The van der Waals surface area contributed by atoms with Crippen LogP contribution in [-0.4, -0.2) is 21.1 Å². The topological polar surface area (TPSA) is 86.0 Å². The zero-order chi connectivity index (χ0) is 17.9. The van der Waals surface area contributed by atoms with Crippen molar-refractivity contribution in [2.45, 2.75) is 45.1 Å². The average Bonchev–Trinajstić information content (AvgIpc) is 2.66. The third-order valence-electron chi connectivity index (χ3n) is 4.80. The Labute approximate surface area is 152 Å². The molecule has 1 fully saturated rings. The van der Waals surface area contributed by atoms with Crippen LogP contribution in [0, 0.1) is 6.92 Å². The van der Waals surface area contributed by atoms with Crippen molar-refractivity contribution in [1.82, 2.24) is 15.0 Å². The number of rotatable bonds is 4. The highest BCUT2D eigenvalue weighted by molar-refractivity contribution is 5.94. The summed E-state index contributed by atoms with van der Waals surface area (Å²) in [4.78, 5) is 13.1. The van der Waals surface area contributed by atoms with Crippen LogP contribution in [0.15, 0.2) is 36.7 Å². The number of anilines is 3. The molecule has 2 heterocycles. The fourth-order valence-corrected chi connectivity index (χ4v) is 3.41. The Bertz CT molecular complexity index is 921. The Morgan fingerprint density at radius 3 is 2.77 bits per heavy atom. The van der Waals surface area contributed by atoms with Gasteiger partial charge in [0.05, 0.1) is 5.52 Å². The van der Waals surface area contributed by atoms with Crippen LogP contribution in [0.5, 0.6) is 5.88 Å². The van der Waals surface area contributed by atoms with E-state index in [0.717, 1.165) is 35.1 Å². The highest BCUT2D eigenvalue weighted by Gasteiger charge is 2.18. The Morgan fingerprint density at radius 1 is 1.08 bits per heavy atom.